The summed E-state index contributed by atoms with van der Waals surface area (Å²) in [6.45, 7) is 5.64. The summed E-state index contributed by atoms with van der Waals surface area (Å²) in [5.41, 5.74) is 1.21. The highest BCUT2D eigenvalue weighted by molar-refractivity contribution is 5.53. The summed E-state index contributed by atoms with van der Waals surface area (Å²) in [7, 11) is 7.11. The Morgan fingerprint density at radius 1 is 0.905 bits per heavy atom. The highest BCUT2D eigenvalue weighted by Crippen LogP contribution is 2.38. The molecule has 1 aromatic carbocycles. The van der Waals surface area contributed by atoms with Crippen molar-refractivity contribution in [1.29, 1.82) is 0 Å². The first kappa shape index (κ1) is 15.9. The summed E-state index contributed by atoms with van der Waals surface area (Å²) < 4.78 is 16.2. The largest absolute Gasteiger partial charge is 0.493 e. The van der Waals surface area contributed by atoms with Gasteiger partial charge < -0.3 is 24.0 Å². The van der Waals surface area contributed by atoms with Gasteiger partial charge in [-0.1, -0.05) is 0 Å². The van der Waals surface area contributed by atoms with Gasteiger partial charge in [-0.2, -0.15) is 0 Å². The maximum Gasteiger partial charge on any atom is 0.203 e. The van der Waals surface area contributed by atoms with Crippen molar-refractivity contribution < 1.29 is 14.2 Å². The lowest BCUT2D eigenvalue weighted by Crippen LogP contribution is -2.45. The molecule has 5 heteroatoms. The smallest absolute Gasteiger partial charge is 0.203 e. The van der Waals surface area contributed by atoms with Crippen LogP contribution in [0, 0.1) is 0 Å². The minimum absolute atomic E-state index is 0.656. The highest BCUT2D eigenvalue weighted by atomic mass is 16.5. The lowest BCUT2D eigenvalue weighted by molar-refractivity contribution is 0.155. The zero-order chi connectivity index (χ0) is 15.2. The predicted octanol–water partition coefficient (Wildman–Crippen LogP) is 1.50. The van der Waals surface area contributed by atoms with Crippen LogP contribution in [0.3, 0.4) is 0 Å². The van der Waals surface area contributed by atoms with Gasteiger partial charge in [-0.3, -0.25) is 0 Å². The van der Waals surface area contributed by atoms with E-state index in [0.717, 1.165) is 50.6 Å². The zero-order valence-corrected chi connectivity index (χ0v) is 13.5. The molecule has 0 aliphatic carbocycles. The molecule has 1 fully saturated rings. The molecule has 1 aliphatic rings. The summed E-state index contributed by atoms with van der Waals surface area (Å²) in [6.07, 6.45) is 0.987. The fourth-order valence-corrected chi connectivity index (χ4v) is 2.64. The summed E-state index contributed by atoms with van der Waals surface area (Å²) in [4.78, 5) is 4.87. The lowest BCUT2D eigenvalue weighted by Gasteiger charge is -2.32. The van der Waals surface area contributed by atoms with Crippen LogP contribution >= 0.6 is 0 Å². The van der Waals surface area contributed by atoms with Gasteiger partial charge in [0.2, 0.25) is 5.75 Å². The fraction of sp³-hybridized carbons (Fsp3) is 0.625. The number of ether oxygens (including phenoxy) is 3. The molecule has 0 spiro atoms. The first-order chi connectivity index (χ1) is 10.2. The SMILES string of the molecule is COc1cc(CCN2CCN(C)CC2)cc(OC)c1OC. The minimum atomic E-state index is 0.656. The number of nitrogens with zero attached hydrogens (tertiary/aromatic N) is 2. The molecule has 2 rings (SSSR count). The summed E-state index contributed by atoms with van der Waals surface area (Å²) in [6, 6.07) is 4.08. The zero-order valence-electron chi connectivity index (χ0n) is 13.5. The van der Waals surface area contributed by atoms with E-state index in [4.69, 9.17) is 14.2 Å². The quantitative estimate of drug-likeness (QED) is 0.794. The molecular weight excluding hydrogens is 268 g/mol. The molecule has 0 atom stereocenters. The Kier molecular flexibility index (Phi) is 5.70. The van der Waals surface area contributed by atoms with Crippen molar-refractivity contribution in [2.75, 3.05) is 61.1 Å². The van der Waals surface area contributed by atoms with E-state index in [9.17, 15) is 0 Å². The van der Waals surface area contributed by atoms with E-state index in [1.165, 1.54) is 5.56 Å². The molecule has 0 amide bonds. The molecule has 21 heavy (non-hydrogen) atoms. The Hall–Kier alpha value is -1.46. The lowest BCUT2D eigenvalue weighted by atomic mass is 10.1. The molecule has 1 saturated heterocycles. The van der Waals surface area contributed by atoms with Crippen molar-refractivity contribution in [2.24, 2.45) is 0 Å². The summed E-state index contributed by atoms with van der Waals surface area (Å²) >= 11 is 0. The van der Waals surface area contributed by atoms with Crippen molar-refractivity contribution in [2.45, 2.75) is 6.42 Å². The molecule has 5 nitrogen and oxygen atoms in total. The fourth-order valence-electron chi connectivity index (χ4n) is 2.64. The van der Waals surface area contributed by atoms with Crippen molar-refractivity contribution in [3.05, 3.63) is 17.7 Å². The maximum atomic E-state index is 5.40. The third-order valence-electron chi connectivity index (χ3n) is 4.04. The third kappa shape index (κ3) is 4.02. The molecule has 1 aromatic rings. The van der Waals surface area contributed by atoms with Crippen molar-refractivity contribution >= 4 is 0 Å². The third-order valence-corrected chi connectivity index (χ3v) is 4.04. The molecule has 0 aromatic heterocycles. The predicted molar refractivity (Wildman–Crippen MR) is 83.7 cm³/mol. The van der Waals surface area contributed by atoms with Gasteiger partial charge in [0, 0.05) is 32.7 Å². The Morgan fingerprint density at radius 2 is 1.48 bits per heavy atom. The first-order valence-corrected chi connectivity index (χ1v) is 7.37. The molecular formula is C16H26N2O3. The second-order valence-corrected chi connectivity index (χ2v) is 5.43. The molecule has 1 aliphatic heterocycles. The molecule has 0 bridgehead atoms. The van der Waals surface area contributed by atoms with Gasteiger partial charge in [0.15, 0.2) is 11.5 Å². The number of hydrogen-bond donors (Lipinski definition) is 0. The topological polar surface area (TPSA) is 34.2 Å². The number of rotatable bonds is 6. The number of methoxy groups -OCH3 is 3. The van der Waals surface area contributed by atoms with E-state index in [0.29, 0.717) is 5.75 Å². The standard InChI is InChI=1S/C16H26N2O3/c1-17-7-9-18(10-8-17)6-5-13-11-14(19-2)16(21-4)15(12-13)20-3/h11-12H,5-10H2,1-4H3. The Balaban J connectivity index is 2.02. The minimum Gasteiger partial charge on any atom is -0.493 e. The summed E-state index contributed by atoms with van der Waals surface area (Å²) in [5, 5.41) is 0. The molecule has 0 radical (unpaired) electrons. The Labute approximate surface area is 127 Å². The molecule has 1 heterocycles. The average molecular weight is 294 g/mol. The molecule has 118 valence electrons. The number of benzene rings is 1. The van der Waals surface area contributed by atoms with Crippen LogP contribution < -0.4 is 14.2 Å². The van der Waals surface area contributed by atoms with Gasteiger partial charge >= 0.3 is 0 Å². The molecule has 0 unspecified atom stereocenters. The highest BCUT2D eigenvalue weighted by Gasteiger charge is 2.16. The van der Waals surface area contributed by atoms with Gasteiger partial charge in [-0.25, -0.2) is 0 Å². The monoisotopic (exact) mass is 294 g/mol. The van der Waals surface area contributed by atoms with Crippen LogP contribution in [0.1, 0.15) is 5.56 Å². The van der Waals surface area contributed by atoms with E-state index >= 15 is 0 Å². The molecule has 0 saturated carbocycles. The second-order valence-electron chi connectivity index (χ2n) is 5.43. The van der Waals surface area contributed by atoms with Crippen LogP contribution in [0.5, 0.6) is 17.2 Å². The summed E-state index contributed by atoms with van der Waals surface area (Å²) in [5.74, 6) is 2.11. The normalized spacial score (nSPS) is 16.8. The van der Waals surface area contributed by atoms with Crippen molar-refractivity contribution in [3.63, 3.8) is 0 Å². The molecule has 0 N–H and O–H groups in total. The van der Waals surface area contributed by atoms with E-state index in [1.54, 1.807) is 21.3 Å². The second kappa shape index (κ2) is 7.52. The maximum absolute atomic E-state index is 5.40. The number of hydrogen-bond acceptors (Lipinski definition) is 5. The van der Waals surface area contributed by atoms with E-state index in [2.05, 4.69) is 16.8 Å². The van der Waals surface area contributed by atoms with Gasteiger partial charge in [-0.05, 0) is 31.2 Å². The Morgan fingerprint density at radius 3 is 1.95 bits per heavy atom. The van der Waals surface area contributed by atoms with E-state index < -0.39 is 0 Å². The van der Waals surface area contributed by atoms with Gasteiger partial charge in [-0.15, -0.1) is 0 Å². The van der Waals surface area contributed by atoms with Gasteiger partial charge in [0.1, 0.15) is 0 Å². The average Bonchev–Trinajstić information content (AvgIpc) is 2.53. The van der Waals surface area contributed by atoms with Crippen LogP contribution in [0.25, 0.3) is 0 Å². The van der Waals surface area contributed by atoms with E-state index in [1.807, 2.05) is 12.1 Å². The van der Waals surface area contributed by atoms with Crippen LogP contribution in [0.2, 0.25) is 0 Å². The van der Waals surface area contributed by atoms with Crippen LogP contribution in [0.4, 0.5) is 0 Å². The van der Waals surface area contributed by atoms with Crippen molar-refractivity contribution in [1.82, 2.24) is 9.80 Å². The van der Waals surface area contributed by atoms with Crippen LogP contribution in [-0.4, -0.2) is 70.9 Å². The first-order valence-electron chi connectivity index (χ1n) is 7.37. The Bertz CT molecular complexity index is 432. The number of likely N-dealkylation sites (N-methyl/N-ethyl adjacent to an activating group) is 1. The van der Waals surface area contributed by atoms with Gasteiger partial charge in [0.25, 0.3) is 0 Å². The van der Waals surface area contributed by atoms with Crippen LogP contribution in [0.15, 0.2) is 12.1 Å². The number of piperazine rings is 1. The van der Waals surface area contributed by atoms with E-state index in [-0.39, 0.29) is 0 Å². The van der Waals surface area contributed by atoms with Gasteiger partial charge in [0.05, 0.1) is 21.3 Å². The van der Waals surface area contributed by atoms with Crippen LogP contribution in [-0.2, 0) is 6.42 Å². The van der Waals surface area contributed by atoms with Crippen molar-refractivity contribution in [3.8, 4) is 17.2 Å².